The molecule has 0 radical (unpaired) electrons. The van der Waals surface area contributed by atoms with E-state index in [0.717, 1.165) is 11.4 Å². The molecule has 0 amide bonds. The van der Waals surface area contributed by atoms with Crippen LogP contribution in [-0.2, 0) is 0 Å². The van der Waals surface area contributed by atoms with Crippen molar-refractivity contribution in [2.45, 2.75) is 33.7 Å². The third-order valence-electron chi connectivity index (χ3n) is 3.50. The van der Waals surface area contributed by atoms with Crippen molar-refractivity contribution >= 4 is 0 Å². The molecule has 96 valence electrons. The predicted octanol–water partition coefficient (Wildman–Crippen LogP) is 3.14. The first kappa shape index (κ1) is 12.8. The summed E-state index contributed by atoms with van der Waals surface area (Å²) < 4.78 is 2.08. The maximum absolute atomic E-state index is 6.23. The fraction of sp³-hybridized carbons (Fsp3) is 0.400. The number of nitrogens with zero attached hydrogens (tertiary/aromatic N) is 2. The summed E-state index contributed by atoms with van der Waals surface area (Å²) in [6, 6.07) is 6.43. The van der Waals surface area contributed by atoms with Crippen molar-refractivity contribution in [2.24, 2.45) is 11.7 Å². The largest absolute Gasteiger partial charge is 0.322 e. The first-order valence-electron chi connectivity index (χ1n) is 6.36. The summed E-state index contributed by atoms with van der Waals surface area (Å²) in [6.07, 6.45) is 3.70. The minimum atomic E-state index is 0.00843. The van der Waals surface area contributed by atoms with Gasteiger partial charge in [0.05, 0.1) is 18.2 Å². The predicted molar refractivity (Wildman–Crippen MR) is 74.8 cm³/mol. The summed E-state index contributed by atoms with van der Waals surface area (Å²) >= 11 is 0. The average Bonchev–Trinajstić information content (AvgIpc) is 2.80. The van der Waals surface area contributed by atoms with Gasteiger partial charge >= 0.3 is 0 Å². The molecular weight excluding hydrogens is 222 g/mol. The van der Waals surface area contributed by atoms with E-state index in [0.29, 0.717) is 5.92 Å². The molecule has 1 heterocycles. The van der Waals surface area contributed by atoms with Crippen LogP contribution in [0, 0.1) is 19.8 Å². The molecule has 3 nitrogen and oxygen atoms in total. The lowest BCUT2D eigenvalue weighted by atomic mass is 10.0. The second-order valence-corrected chi connectivity index (χ2v) is 5.23. The zero-order chi connectivity index (χ0) is 13.3. The molecule has 0 fully saturated rings. The minimum absolute atomic E-state index is 0.00843. The maximum Gasteiger partial charge on any atom is 0.0994 e. The van der Waals surface area contributed by atoms with Gasteiger partial charge in [-0.3, -0.25) is 0 Å². The van der Waals surface area contributed by atoms with E-state index in [2.05, 4.69) is 55.4 Å². The highest BCUT2D eigenvalue weighted by Crippen LogP contribution is 2.22. The van der Waals surface area contributed by atoms with E-state index in [4.69, 9.17) is 5.73 Å². The van der Waals surface area contributed by atoms with Gasteiger partial charge in [-0.1, -0.05) is 19.9 Å². The smallest absolute Gasteiger partial charge is 0.0994 e. The molecule has 2 N–H and O–H groups in total. The highest BCUT2D eigenvalue weighted by Gasteiger charge is 2.16. The zero-order valence-electron chi connectivity index (χ0n) is 11.5. The van der Waals surface area contributed by atoms with Crippen molar-refractivity contribution in [3.05, 3.63) is 47.5 Å². The monoisotopic (exact) mass is 243 g/mol. The molecule has 2 rings (SSSR count). The van der Waals surface area contributed by atoms with Crippen LogP contribution in [-0.4, -0.2) is 9.55 Å². The summed E-state index contributed by atoms with van der Waals surface area (Å²) in [5, 5.41) is 0. The topological polar surface area (TPSA) is 43.8 Å². The van der Waals surface area contributed by atoms with Crippen molar-refractivity contribution in [3.63, 3.8) is 0 Å². The Bertz CT molecular complexity index is 540. The highest BCUT2D eigenvalue weighted by molar-refractivity contribution is 5.41. The Labute approximate surface area is 109 Å². The van der Waals surface area contributed by atoms with Gasteiger partial charge in [0.2, 0.25) is 0 Å². The lowest BCUT2D eigenvalue weighted by Crippen LogP contribution is -2.19. The first-order valence-corrected chi connectivity index (χ1v) is 6.36. The molecule has 2 aromatic rings. The van der Waals surface area contributed by atoms with Crippen LogP contribution in [0.15, 0.2) is 30.7 Å². The number of hydrogen-bond donors (Lipinski definition) is 1. The Balaban J connectivity index is 2.45. The van der Waals surface area contributed by atoms with E-state index in [-0.39, 0.29) is 6.04 Å². The average molecular weight is 243 g/mol. The first-order chi connectivity index (χ1) is 8.50. The summed E-state index contributed by atoms with van der Waals surface area (Å²) in [6.45, 7) is 8.50. The number of imidazole rings is 1. The van der Waals surface area contributed by atoms with E-state index >= 15 is 0 Å². The van der Waals surface area contributed by atoms with Gasteiger partial charge in [-0.05, 0) is 43.0 Å². The lowest BCUT2D eigenvalue weighted by Gasteiger charge is -2.18. The van der Waals surface area contributed by atoms with Crippen molar-refractivity contribution < 1.29 is 0 Å². The van der Waals surface area contributed by atoms with E-state index in [1.807, 2.05) is 12.5 Å². The number of aromatic nitrogens is 2. The normalized spacial score (nSPS) is 13.0. The van der Waals surface area contributed by atoms with Crippen molar-refractivity contribution in [2.75, 3.05) is 0 Å². The Hall–Kier alpha value is -1.61. The van der Waals surface area contributed by atoms with Crippen LogP contribution < -0.4 is 5.73 Å². The molecule has 1 aromatic heterocycles. The van der Waals surface area contributed by atoms with Crippen LogP contribution in [0.2, 0.25) is 0 Å². The molecule has 0 aliphatic carbocycles. The summed E-state index contributed by atoms with van der Waals surface area (Å²) in [5.74, 6) is 0.395. The van der Waals surface area contributed by atoms with Crippen LogP contribution in [0.1, 0.15) is 36.7 Å². The number of benzene rings is 1. The SMILES string of the molecule is Cc1ccc(-n2cncc2C(N)C(C)C)cc1C. The van der Waals surface area contributed by atoms with Crippen molar-refractivity contribution in [3.8, 4) is 5.69 Å². The summed E-state index contributed by atoms with van der Waals surface area (Å²) in [5.41, 5.74) is 11.0. The molecule has 0 aliphatic heterocycles. The van der Waals surface area contributed by atoms with Gasteiger partial charge in [-0.25, -0.2) is 4.98 Å². The third-order valence-corrected chi connectivity index (χ3v) is 3.50. The third kappa shape index (κ3) is 2.31. The van der Waals surface area contributed by atoms with Gasteiger partial charge in [0, 0.05) is 11.7 Å². The van der Waals surface area contributed by atoms with E-state index < -0.39 is 0 Å². The van der Waals surface area contributed by atoms with Crippen LogP contribution >= 0.6 is 0 Å². The van der Waals surface area contributed by atoms with Gasteiger partial charge in [-0.15, -0.1) is 0 Å². The maximum atomic E-state index is 6.23. The Morgan fingerprint density at radius 3 is 2.50 bits per heavy atom. The summed E-state index contributed by atoms with van der Waals surface area (Å²) in [7, 11) is 0. The minimum Gasteiger partial charge on any atom is -0.322 e. The zero-order valence-corrected chi connectivity index (χ0v) is 11.5. The number of aryl methyl sites for hydroxylation is 2. The van der Waals surface area contributed by atoms with Crippen LogP contribution in [0.4, 0.5) is 0 Å². The molecule has 1 atom stereocenters. The molecule has 0 saturated heterocycles. The molecule has 0 bridgehead atoms. The molecule has 0 spiro atoms. The van der Waals surface area contributed by atoms with E-state index in [1.165, 1.54) is 11.1 Å². The number of hydrogen-bond acceptors (Lipinski definition) is 2. The van der Waals surface area contributed by atoms with Gasteiger partial charge in [0.25, 0.3) is 0 Å². The number of rotatable bonds is 3. The molecule has 18 heavy (non-hydrogen) atoms. The van der Waals surface area contributed by atoms with Gasteiger partial charge in [0.1, 0.15) is 0 Å². The quantitative estimate of drug-likeness (QED) is 0.900. The molecule has 0 aliphatic rings. The fourth-order valence-corrected chi connectivity index (χ4v) is 1.98. The van der Waals surface area contributed by atoms with Crippen LogP contribution in [0.25, 0.3) is 5.69 Å². The van der Waals surface area contributed by atoms with E-state index in [1.54, 1.807) is 0 Å². The molecule has 1 unspecified atom stereocenters. The summed E-state index contributed by atoms with van der Waals surface area (Å²) in [4.78, 5) is 4.24. The molecular formula is C15H21N3. The molecule has 1 aromatic carbocycles. The van der Waals surface area contributed by atoms with Gasteiger partial charge in [0.15, 0.2) is 0 Å². The van der Waals surface area contributed by atoms with Crippen LogP contribution in [0.5, 0.6) is 0 Å². The highest BCUT2D eigenvalue weighted by atomic mass is 15.1. The second-order valence-electron chi connectivity index (χ2n) is 5.23. The molecule has 3 heteroatoms. The Kier molecular flexibility index (Phi) is 3.53. The van der Waals surface area contributed by atoms with Crippen LogP contribution in [0.3, 0.4) is 0 Å². The van der Waals surface area contributed by atoms with E-state index in [9.17, 15) is 0 Å². The van der Waals surface area contributed by atoms with Gasteiger partial charge < -0.3 is 10.3 Å². The Morgan fingerprint density at radius 2 is 1.89 bits per heavy atom. The van der Waals surface area contributed by atoms with Crippen molar-refractivity contribution in [1.82, 2.24) is 9.55 Å². The van der Waals surface area contributed by atoms with Gasteiger partial charge in [-0.2, -0.15) is 0 Å². The second kappa shape index (κ2) is 4.94. The number of nitrogens with two attached hydrogens (primary N) is 1. The Morgan fingerprint density at radius 1 is 1.17 bits per heavy atom. The van der Waals surface area contributed by atoms with Crippen molar-refractivity contribution in [1.29, 1.82) is 0 Å². The fourth-order valence-electron chi connectivity index (χ4n) is 1.98. The molecule has 0 saturated carbocycles. The lowest BCUT2D eigenvalue weighted by molar-refractivity contribution is 0.497. The standard InChI is InChI=1S/C15H21N3/c1-10(2)15(16)14-8-17-9-18(14)13-6-5-11(3)12(4)7-13/h5-10,15H,16H2,1-4H3.